The van der Waals surface area contributed by atoms with Crippen LogP contribution in [-0.2, 0) is 0 Å². The molecule has 0 spiro atoms. The van der Waals surface area contributed by atoms with Crippen LogP contribution in [0.3, 0.4) is 0 Å². The highest BCUT2D eigenvalue weighted by atomic mass is 16.3. The van der Waals surface area contributed by atoms with Gasteiger partial charge in [0.15, 0.2) is 0 Å². The Labute approximate surface area is 55.1 Å². The number of aliphatic hydroxyl groups excluding tert-OH is 1. The molecule has 0 saturated heterocycles. The van der Waals surface area contributed by atoms with E-state index in [1.807, 2.05) is 0 Å². The van der Waals surface area contributed by atoms with Gasteiger partial charge in [-0.2, -0.15) is 5.26 Å². The first-order valence-electron chi connectivity index (χ1n) is 3.40. The van der Waals surface area contributed by atoms with Crippen molar-refractivity contribution >= 4 is 0 Å². The zero-order valence-electron chi connectivity index (χ0n) is 5.38. The summed E-state index contributed by atoms with van der Waals surface area (Å²) < 4.78 is 0. The number of aliphatic hydroxyl groups is 1. The van der Waals surface area contributed by atoms with Crippen molar-refractivity contribution in [1.29, 1.82) is 5.26 Å². The summed E-state index contributed by atoms with van der Waals surface area (Å²) in [5.41, 5.74) is 0. The maximum Gasteiger partial charge on any atom is 0.0655 e. The lowest BCUT2D eigenvalue weighted by Gasteiger charge is -2.19. The van der Waals surface area contributed by atoms with Gasteiger partial charge < -0.3 is 5.11 Å². The minimum atomic E-state index is -0.130. The average molecular weight is 125 g/mol. The van der Waals surface area contributed by atoms with E-state index in [2.05, 4.69) is 6.07 Å². The lowest BCUT2D eigenvalue weighted by Crippen LogP contribution is -2.16. The Balaban J connectivity index is 2.28. The Morgan fingerprint density at radius 2 is 1.78 bits per heavy atom. The highest BCUT2D eigenvalue weighted by molar-refractivity contribution is 4.86. The first kappa shape index (κ1) is 6.57. The summed E-state index contributed by atoms with van der Waals surface area (Å²) in [6.07, 6.45) is 3.28. The van der Waals surface area contributed by atoms with E-state index in [0.29, 0.717) is 0 Å². The fraction of sp³-hybridized carbons (Fsp3) is 0.857. The molecule has 0 heterocycles. The molecular weight excluding hydrogens is 114 g/mol. The first-order chi connectivity index (χ1) is 4.33. The van der Waals surface area contributed by atoms with Gasteiger partial charge in [-0.05, 0) is 25.7 Å². The third-order valence-corrected chi connectivity index (χ3v) is 1.88. The third kappa shape index (κ3) is 1.69. The van der Waals surface area contributed by atoms with E-state index >= 15 is 0 Å². The number of hydrogen-bond acceptors (Lipinski definition) is 2. The van der Waals surface area contributed by atoms with Gasteiger partial charge in [-0.15, -0.1) is 0 Å². The molecule has 2 heteroatoms. The predicted octanol–water partition coefficient (Wildman–Crippen LogP) is 1.06. The van der Waals surface area contributed by atoms with E-state index in [4.69, 9.17) is 10.4 Å². The summed E-state index contributed by atoms with van der Waals surface area (Å²) in [6, 6.07) is 2.21. The van der Waals surface area contributed by atoms with E-state index in [1.165, 1.54) is 0 Å². The molecule has 1 aliphatic carbocycles. The van der Waals surface area contributed by atoms with E-state index in [1.54, 1.807) is 0 Å². The molecule has 0 atom stereocenters. The second-order valence-corrected chi connectivity index (χ2v) is 2.63. The molecule has 0 bridgehead atoms. The van der Waals surface area contributed by atoms with Gasteiger partial charge in [0.2, 0.25) is 0 Å². The van der Waals surface area contributed by atoms with Crippen molar-refractivity contribution in [3.63, 3.8) is 0 Å². The van der Waals surface area contributed by atoms with Gasteiger partial charge in [-0.1, -0.05) is 0 Å². The summed E-state index contributed by atoms with van der Waals surface area (Å²) in [7, 11) is 0. The lowest BCUT2D eigenvalue weighted by molar-refractivity contribution is 0.119. The van der Waals surface area contributed by atoms with Gasteiger partial charge in [0, 0.05) is 5.92 Å². The van der Waals surface area contributed by atoms with Crippen LogP contribution in [0.1, 0.15) is 25.7 Å². The molecule has 0 amide bonds. The Morgan fingerprint density at radius 3 is 2.22 bits per heavy atom. The molecule has 0 aromatic rings. The first-order valence-corrected chi connectivity index (χ1v) is 3.40. The van der Waals surface area contributed by atoms with Gasteiger partial charge in [0.05, 0.1) is 12.2 Å². The van der Waals surface area contributed by atoms with Crippen molar-refractivity contribution < 1.29 is 5.11 Å². The van der Waals surface area contributed by atoms with Crippen LogP contribution < -0.4 is 0 Å². The molecule has 0 aromatic heterocycles. The summed E-state index contributed by atoms with van der Waals surface area (Å²) in [5, 5.41) is 17.5. The normalized spacial score (nSPS) is 35.6. The largest absolute Gasteiger partial charge is 0.393 e. The zero-order chi connectivity index (χ0) is 6.69. The van der Waals surface area contributed by atoms with Crippen molar-refractivity contribution in [1.82, 2.24) is 0 Å². The summed E-state index contributed by atoms with van der Waals surface area (Å²) in [5.74, 6) is 0.216. The average Bonchev–Trinajstić information content (AvgIpc) is 1.90. The van der Waals surface area contributed by atoms with E-state index < -0.39 is 0 Å². The highest BCUT2D eigenvalue weighted by Crippen LogP contribution is 2.22. The fourth-order valence-corrected chi connectivity index (χ4v) is 1.20. The Bertz CT molecular complexity index is 119. The quantitative estimate of drug-likeness (QED) is 0.526. The van der Waals surface area contributed by atoms with Crippen molar-refractivity contribution in [3.8, 4) is 6.07 Å². The van der Waals surface area contributed by atoms with Crippen molar-refractivity contribution in [2.75, 3.05) is 0 Å². The van der Waals surface area contributed by atoms with E-state index in [-0.39, 0.29) is 12.0 Å². The molecule has 50 valence electrons. The van der Waals surface area contributed by atoms with Gasteiger partial charge in [0.25, 0.3) is 0 Å². The molecule has 1 N–H and O–H groups in total. The van der Waals surface area contributed by atoms with Crippen LogP contribution in [0.2, 0.25) is 0 Å². The molecular formula is C7H11NO. The molecule has 0 unspecified atom stereocenters. The molecule has 0 radical (unpaired) electrons. The number of nitriles is 1. The predicted molar refractivity (Wildman–Crippen MR) is 33.6 cm³/mol. The second kappa shape index (κ2) is 2.84. The molecule has 0 aromatic carbocycles. The minimum Gasteiger partial charge on any atom is -0.393 e. The number of hydrogen-bond donors (Lipinski definition) is 1. The second-order valence-electron chi connectivity index (χ2n) is 2.63. The molecule has 0 aliphatic heterocycles. The monoisotopic (exact) mass is 125 g/mol. The topological polar surface area (TPSA) is 44.0 Å². The third-order valence-electron chi connectivity index (χ3n) is 1.88. The summed E-state index contributed by atoms with van der Waals surface area (Å²) >= 11 is 0. The van der Waals surface area contributed by atoms with E-state index in [0.717, 1.165) is 25.7 Å². The van der Waals surface area contributed by atoms with Crippen molar-refractivity contribution in [3.05, 3.63) is 0 Å². The fourth-order valence-electron chi connectivity index (χ4n) is 1.20. The van der Waals surface area contributed by atoms with Crippen molar-refractivity contribution in [2.45, 2.75) is 31.8 Å². The Hall–Kier alpha value is -0.550. The van der Waals surface area contributed by atoms with Crippen LogP contribution >= 0.6 is 0 Å². The van der Waals surface area contributed by atoms with Gasteiger partial charge in [-0.25, -0.2) is 0 Å². The van der Waals surface area contributed by atoms with Crippen molar-refractivity contribution in [2.24, 2.45) is 5.92 Å². The van der Waals surface area contributed by atoms with Crippen LogP contribution in [0.15, 0.2) is 0 Å². The van der Waals surface area contributed by atoms with E-state index in [9.17, 15) is 0 Å². The molecule has 1 saturated carbocycles. The number of nitrogens with zero attached hydrogens (tertiary/aromatic N) is 1. The number of rotatable bonds is 0. The molecule has 2 nitrogen and oxygen atoms in total. The van der Waals surface area contributed by atoms with Gasteiger partial charge >= 0.3 is 0 Å². The molecule has 1 fully saturated rings. The van der Waals surface area contributed by atoms with Crippen LogP contribution in [0, 0.1) is 17.2 Å². The Kier molecular flexibility index (Phi) is 2.07. The van der Waals surface area contributed by atoms with Crippen LogP contribution in [0.25, 0.3) is 0 Å². The van der Waals surface area contributed by atoms with Crippen LogP contribution in [0.5, 0.6) is 0 Å². The molecule has 9 heavy (non-hydrogen) atoms. The maximum absolute atomic E-state index is 9.01. The smallest absolute Gasteiger partial charge is 0.0655 e. The standard InChI is InChI=1S/C7H11NO/c8-5-6-1-3-7(9)4-2-6/h6-7,9H,1-4H2. The summed E-state index contributed by atoms with van der Waals surface area (Å²) in [4.78, 5) is 0. The highest BCUT2D eigenvalue weighted by Gasteiger charge is 2.17. The minimum absolute atomic E-state index is 0.130. The van der Waals surface area contributed by atoms with Crippen LogP contribution in [0.4, 0.5) is 0 Å². The summed E-state index contributed by atoms with van der Waals surface area (Å²) in [6.45, 7) is 0. The Morgan fingerprint density at radius 1 is 1.22 bits per heavy atom. The molecule has 1 aliphatic rings. The van der Waals surface area contributed by atoms with Crippen LogP contribution in [-0.4, -0.2) is 11.2 Å². The van der Waals surface area contributed by atoms with Gasteiger partial charge in [0.1, 0.15) is 0 Å². The van der Waals surface area contributed by atoms with Gasteiger partial charge in [-0.3, -0.25) is 0 Å². The zero-order valence-corrected chi connectivity index (χ0v) is 5.38. The molecule has 1 rings (SSSR count). The SMILES string of the molecule is N#CC1CCC(O)CC1. The maximum atomic E-state index is 9.01. The lowest BCUT2D eigenvalue weighted by atomic mass is 9.89.